The van der Waals surface area contributed by atoms with Crippen molar-refractivity contribution in [3.63, 3.8) is 0 Å². The fourth-order valence-corrected chi connectivity index (χ4v) is 3.50. The van der Waals surface area contributed by atoms with Crippen LogP contribution in [0.1, 0.15) is 18.4 Å². The Kier molecular flexibility index (Phi) is 4.96. The van der Waals surface area contributed by atoms with E-state index < -0.39 is 10.0 Å². The lowest BCUT2D eigenvalue weighted by Crippen LogP contribution is -2.39. The summed E-state index contributed by atoms with van der Waals surface area (Å²) in [6.45, 7) is 0.0901. The SMILES string of the molecule is CN(CC1CC(O)C1)S(=O)(=O)c1cncc(C#CCO)c1. The van der Waals surface area contributed by atoms with Crippen LogP contribution in [0.4, 0.5) is 0 Å². The first-order valence-electron chi connectivity index (χ1n) is 6.62. The monoisotopic (exact) mass is 310 g/mol. The number of sulfonamides is 1. The van der Waals surface area contributed by atoms with Crippen LogP contribution < -0.4 is 0 Å². The molecule has 1 aliphatic rings. The van der Waals surface area contributed by atoms with Gasteiger partial charge in [-0.3, -0.25) is 4.98 Å². The minimum atomic E-state index is -3.62. The number of hydrogen-bond donors (Lipinski definition) is 2. The van der Waals surface area contributed by atoms with Crippen molar-refractivity contribution in [1.82, 2.24) is 9.29 Å². The van der Waals surface area contributed by atoms with Crippen LogP contribution in [0.3, 0.4) is 0 Å². The van der Waals surface area contributed by atoms with Crippen molar-refractivity contribution in [2.75, 3.05) is 20.2 Å². The van der Waals surface area contributed by atoms with Gasteiger partial charge in [0.05, 0.1) is 6.10 Å². The van der Waals surface area contributed by atoms with Crippen LogP contribution >= 0.6 is 0 Å². The normalized spacial score (nSPS) is 21.5. The third-order valence-corrected chi connectivity index (χ3v) is 5.25. The van der Waals surface area contributed by atoms with Gasteiger partial charge in [-0.15, -0.1) is 0 Å². The molecule has 0 radical (unpaired) electrons. The Morgan fingerprint density at radius 1 is 1.43 bits per heavy atom. The van der Waals surface area contributed by atoms with E-state index >= 15 is 0 Å². The fraction of sp³-hybridized carbons (Fsp3) is 0.500. The molecule has 0 saturated heterocycles. The summed E-state index contributed by atoms with van der Waals surface area (Å²) in [7, 11) is -2.10. The van der Waals surface area contributed by atoms with E-state index in [9.17, 15) is 13.5 Å². The summed E-state index contributed by atoms with van der Waals surface area (Å²) < 4.78 is 26.2. The molecule has 1 aromatic heterocycles. The third-order valence-electron chi connectivity index (χ3n) is 3.46. The highest BCUT2D eigenvalue weighted by molar-refractivity contribution is 7.89. The van der Waals surface area contributed by atoms with E-state index in [1.807, 2.05) is 0 Å². The smallest absolute Gasteiger partial charge is 0.244 e. The van der Waals surface area contributed by atoms with Gasteiger partial charge in [-0.25, -0.2) is 12.7 Å². The van der Waals surface area contributed by atoms with Crippen LogP contribution in [0, 0.1) is 17.8 Å². The van der Waals surface area contributed by atoms with Gasteiger partial charge in [0.15, 0.2) is 0 Å². The lowest BCUT2D eigenvalue weighted by atomic mass is 9.82. The number of aromatic nitrogens is 1. The average molecular weight is 310 g/mol. The van der Waals surface area contributed by atoms with Gasteiger partial charge < -0.3 is 10.2 Å². The van der Waals surface area contributed by atoms with Gasteiger partial charge in [0.2, 0.25) is 10.0 Å². The van der Waals surface area contributed by atoms with Crippen molar-refractivity contribution in [3.05, 3.63) is 24.0 Å². The highest BCUT2D eigenvalue weighted by Gasteiger charge is 2.31. The van der Waals surface area contributed by atoms with Gasteiger partial charge in [-0.1, -0.05) is 11.8 Å². The molecule has 1 fully saturated rings. The average Bonchev–Trinajstić information content (AvgIpc) is 2.43. The third kappa shape index (κ3) is 3.80. The summed E-state index contributed by atoms with van der Waals surface area (Å²) >= 11 is 0. The van der Waals surface area contributed by atoms with Crippen molar-refractivity contribution in [1.29, 1.82) is 0 Å². The molecule has 0 spiro atoms. The number of aliphatic hydroxyl groups is 2. The predicted octanol–water partition coefficient (Wildman–Crippen LogP) is -0.183. The number of aliphatic hydroxyl groups excluding tert-OH is 2. The number of pyridine rings is 1. The molecule has 0 aliphatic heterocycles. The molecule has 2 N–H and O–H groups in total. The molecule has 0 bridgehead atoms. The zero-order chi connectivity index (χ0) is 15.5. The first-order chi connectivity index (χ1) is 9.93. The van der Waals surface area contributed by atoms with Crippen LogP contribution in [0.25, 0.3) is 0 Å². The Labute approximate surface area is 124 Å². The first kappa shape index (κ1) is 15.9. The van der Waals surface area contributed by atoms with Gasteiger partial charge in [0.1, 0.15) is 11.5 Å². The Bertz CT molecular complexity index is 657. The quantitative estimate of drug-likeness (QED) is 0.753. The fourth-order valence-electron chi connectivity index (χ4n) is 2.26. The zero-order valence-corrected chi connectivity index (χ0v) is 12.5. The van der Waals surface area contributed by atoms with Crippen LogP contribution in [0.5, 0.6) is 0 Å². The van der Waals surface area contributed by atoms with Crippen molar-refractivity contribution < 1.29 is 18.6 Å². The largest absolute Gasteiger partial charge is 0.393 e. The molecular weight excluding hydrogens is 292 g/mol. The molecule has 1 aliphatic carbocycles. The second kappa shape index (κ2) is 6.54. The molecule has 0 aromatic carbocycles. The van der Waals surface area contributed by atoms with Crippen molar-refractivity contribution in [2.24, 2.45) is 5.92 Å². The Morgan fingerprint density at radius 2 is 2.14 bits per heavy atom. The van der Waals surface area contributed by atoms with Crippen molar-refractivity contribution in [3.8, 4) is 11.8 Å². The summed E-state index contributed by atoms with van der Waals surface area (Å²) in [5.41, 5.74) is 0.442. The molecule has 1 aromatic rings. The van der Waals surface area contributed by atoms with E-state index in [-0.39, 0.29) is 23.5 Å². The summed E-state index contributed by atoms with van der Waals surface area (Å²) in [4.78, 5) is 3.96. The molecule has 21 heavy (non-hydrogen) atoms. The van der Waals surface area contributed by atoms with Gasteiger partial charge >= 0.3 is 0 Å². The Hall–Kier alpha value is -1.46. The number of nitrogens with zero attached hydrogens (tertiary/aromatic N) is 2. The maximum atomic E-state index is 12.4. The maximum absolute atomic E-state index is 12.4. The number of hydrogen-bond acceptors (Lipinski definition) is 5. The van der Waals surface area contributed by atoms with Crippen LogP contribution in [-0.2, 0) is 10.0 Å². The van der Waals surface area contributed by atoms with E-state index in [1.165, 1.54) is 29.8 Å². The van der Waals surface area contributed by atoms with Crippen molar-refractivity contribution >= 4 is 10.0 Å². The minimum absolute atomic E-state index is 0.0783. The highest BCUT2D eigenvalue weighted by Crippen LogP contribution is 2.29. The van der Waals surface area contributed by atoms with Crippen molar-refractivity contribution in [2.45, 2.75) is 23.8 Å². The van der Waals surface area contributed by atoms with Gasteiger partial charge in [-0.2, -0.15) is 0 Å². The zero-order valence-electron chi connectivity index (χ0n) is 11.7. The van der Waals surface area contributed by atoms with Crippen LogP contribution in [0.15, 0.2) is 23.4 Å². The van der Waals surface area contributed by atoms with E-state index in [4.69, 9.17) is 5.11 Å². The lowest BCUT2D eigenvalue weighted by Gasteiger charge is -2.34. The first-order valence-corrected chi connectivity index (χ1v) is 8.06. The van der Waals surface area contributed by atoms with Crippen LogP contribution in [-0.4, -0.2) is 54.2 Å². The molecule has 6 nitrogen and oxygen atoms in total. The van der Waals surface area contributed by atoms with Gasteiger partial charge in [0.25, 0.3) is 0 Å². The van der Waals surface area contributed by atoms with Crippen LogP contribution in [0.2, 0.25) is 0 Å². The van der Waals surface area contributed by atoms with Gasteiger partial charge in [-0.05, 0) is 24.8 Å². The second-order valence-corrected chi connectivity index (χ2v) is 7.19. The highest BCUT2D eigenvalue weighted by atomic mass is 32.2. The second-order valence-electron chi connectivity index (χ2n) is 5.15. The molecule has 1 heterocycles. The predicted molar refractivity (Wildman–Crippen MR) is 76.7 cm³/mol. The van der Waals surface area contributed by atoms with E-state index in [1.54, 1.807) is 0 Å². The molecule has 1 saturated carbocycles. The molecule has 7 heteroatoms. The van der Waals surface area contributed by atoms with E-state index in [0.29, 0.717) is 24.9 Å². The summed E-state index contributed by atoms with van der Waals surface area (Å²) in [6, 6.07) is 1.44. The van der Waals surface area contributed by atoms with E-state index in [0.717, 1.165) is 0 Å². The Morgan fingerprint density at radius 3 is 2.76 bits per heavy atom. The molecule has 0 amide bonds. The molecule has 0 unspecified atom stereocenters. The standard InChI is InChI=1S/C14H18N2O4S/c1-16(10-12-5-13(18)6-12)21(19,20)14-7-11(3-2-4-17)8-15-9-14/h7-9,12-13,17-18H,4-6,10H2,1H3. The van der Waals surface area contributed by atoms with Gasteiger partial charge in [0, 0.05) is 31.5 Å². The lowest BCUT2D eigenvalue weighted by molar-refractivity contribution is 0.0367. The summed E-state index contributed by atoms with van der Waals surface area (Å²) in [5, 5.41) is 17.9. The molecule has 2 rings (SSSR count). The molecule has 114 valence electrons. The Balaban J connectivity index is 2.14. The summed E-state index contributed by atoms with van der Waals surface area (Å²) in [5.74, 6) is 5.29. The topological polar surface area (TPSA) is 90.7 Å². The number of rotatable bonds is 4. The molecule has 0 atom stereocenters. The minimum Gasteiger partial charge on any atom is -0.393 e. The molecular formula is C14H18N2O4S. The summed E-state index contributed by atoms with van der Waals surface area (Å²) in [6.07, 6.45) is 3.71. The van der Waals surface area contributed by atoms with E-state index in [2.05, 4.69) is 16.8 Å². The maximum Gasteiger partial charge on any atom is 0.244 e.